The first kappa shape index (κ1) is 15.1. The first-order valence-electron chi connectivity index (χ1n) is 6.25. The molecule has 1 aliphatic rings. The fourth-order valence-electron chi connectivity index (χ4n) is 1.93. The molecule has 1 aliphatic heterocycles. The van der Waals surface area contributed by atoms with E-state index in [9.17, 15) is 8.42 Å². The molecule has 2 rings (SSSR count). The minimum atomic E-state index is -3.30. The Morgan fingerprint density at radius 1 is 1.50 bits per heavy atom. The maximum Gasteiger partial charge on any atom is 0.191 e. The third kappa shape index (κ3) is 3.86. The van der Waals surface area contributed by atoms with Gasteiger partial charge in [0.2, 0.25) is 0 Å². The zero-order chi connectivity index (χ0) is 14.6. The summed E-state index contributed by atoms with van der Waals surface area (Å²) in [4.78, 5) is 10.6. The van der Waals surface area contributed by atoms with E-state index >= 15 is 0 Å². The van der Waals surface area contributed by atoms with Crippen molar-refractivity contribution in [1.29, 1.82) is 0 Å². The molecule has 0 aromatic carbocycles. The molecule has 2 heterocycles. The normalized spacial score (nSPS) is 17.2. The molecule has 0 amide bonds. The van der Waals surface area contributed by atoms with Crippen LogP contribution in [0.25, 0.3) is 0 Å². The molecule has 0 aliphatic carbocycles. The lowest BCUT2D eigenvalue weighted by atomic mass is 10.3. The van der Waals surface area contributed by atoms with Crippen molar-refractivity contribution in [3.05, 3.63) is 24.0 Å². The Morgan fingerprint density at radius 3 is 2.85 bits per heavy atom. The van der Waals surface area contributed by atoms with Gasteiger partial charge in [0.15, 0.2) is 15.8 Å². The second-order valence-corrected chi connectivity index (χ2v) is 7.70. The van der Waals surface area contributed by atoms with Crippen molar-refractivity contribution < 1.29 is 8.42 Å². The summed E-state index contributed by atoms with van der Waals surface area (Å²) in [6.45, 7) is 1.93. The maximum absolute atomic E-state index is 11.7. The van der Waals surface area contributed by atoms with E-state index in [2.05, 4.69) is 9.98 Å². The Bertz CT molecular complexity index is 595. The number of nitrogens with zero attached hydrogens (tertiary/aromatic N) is 3. The monoisotopic (exact) mass is 314 g/mol. The predicted molar refractivity (Wildman–Crippen MR) is 81.6 cm³/mol. The SMILES string of the molecule is CS(=O)(=O)c1cccnc1CN=C(N)N1CCSCC1. The van der Waals surface area contributed by atoms with Crippen molar-refractivity contribution in [3.63, 3.8) is 0 Å². The maximum atomic E-state index is 11.7. The average molecular weight is 314 g/mol. The van der Waals surface area contributed by atoms with Crippen LogP contribution in [-0.2, 0) is 16.4 Å². The quantitative estimate of drug-likeness (QED) is 0.640. The van der Waals surface area contributed by atoms with Crippen molar-refractivity contribution in [1.82, 2.24) is 9.88 Å². The number of aromatic nitrogens is 1. The van der Waals surface area contributed by atoms with Gasteiger partial charge < -0.3 is 10.6 Å². The lowest BCUT2D eigenvalue weighted by Crippen LogP contribution is -2.42. The highest BCUT2D eigenvalue weighted by Crippen LogP contribution is 2.14. The van der Waals surface area contributed by atoms with Crippen LogP contribution >= 0.6 is 11.8 Å². The van der Waals surface area contributed by atoms with Gasteiger partial charge in [-0.2, -0.15) is 11.8 Å². The molecular weight excluding hydrogens is 296 g/mol. The van der Waals surface area contributed by atoms with Gasteiger partial charge >= 0.3 is 0 Å². The van der Waals surface area contributed by atoms with E-state index in [1.165, 1.54) is 6.26 Å². The summed E-state index contributed by atoms with van der Waals surface area (Å²) in [5.41, 5.74) is 6.38. The fourth-order valence-corrected chi connectivity index (χ4v) is 3.70. The third-order valence-corrected chi connectivity index (χ3v) is 5.09. The number of guanidine groups is 1. The van der Waals surface area contributed by atoms with Gasteiger partial charge in [-0.05, 0) is 12.1 Å². The van der Waals surface area contributed by atoms with E-state index < -0.39 is 9.84 Å². The van der Waals surface area contributed by atoms with Gasteiger partial charge in [0.25, 0.3) is 0 Å². The molecule has 1 saturated heterocycles. The van der Waals surface area contributed by atoms with E-state index in [0.29, 0.717) is 11.7 Å². The van der Waals surface area contributed by atoms with E-state index in [4.69, 9.17) is 5.73 Å². The largest absolute Gasteiger partial charge is 0.370 e. The number of rotatable bonds is 3. The Balaban J connectivity index is 2.14. The number of thioether (sulfide) groups is 1. The van der Waals surface area contributed by atoms with Crippen LogP contribution in [-0.4, -0.2) is 55.1 Å². The number of hydrogen-bond donors (Lipinski definition) is 1. The molecule has 8 heteroatoms. The summed E-state index contributed by atoms with van der Waals surface area (Å²) in [6.07, 6.45) is 2.73. The number of hydrogen-bond acceptors (Lipinski definition) is 5. The van der Waals surface area contributed by atoms with Crippen molar-refractivity contribution in [3.8, 4) is 0 Å². The van der Waals surface area contributed by atoms with Crippen LogP contribution in [0.5, 0.6) is 0 Å². The van der Waals surface area contributed by atoms with Gasteiger partial charge in [-0.15, -0.1) is 0 Å². The van der Waals surface area contributed by atoms with Crippen LogP contribution < -0.4 is 5.73 Å². The minimum absolute atomic E-state index is 0.179. The summed E-state index contributed by atoms with van der Waals surface area (Å²) in [7, 11) is -3.30. The van der Waals surface area contributed by atoms with E-state index in [1.807, 2.05) is 16.7 Å². The van der Waals surface area contributed by atoms with Gasteiger partial charge in [0.05, 0.1) is 17.1 Å². The van der Waals surface area contributed by atoms with Gasteiger partial charge in [-0.3, -0.25) is 4.98 Å². The highest BCUT2D eigenvalue weighted by molar-refractivity contribution is 7.99. The molecule has 2 N–H and O–H groups in total. The Kier molecular flexibility index (Phi) is 4.87. The molecule has 0 spiro atoms. The first-order chi connectivity index (χ1) is 9.48. The summed E-state index contributed by atoms with van der Waals surface area (Å²) in [6, 6.07) is 3.15. The molecule has 0 unspecified atom stereocenters. The third-order valence-electron chi connectivity index (χ3n) is 2.97. The number of nitrogens with two attached hydrogens (primary N) is 1. The molecule has 20 heavy (non-hydrogen) atoms. The van der Waals surface area contributed by atoms with Gasteiger partial charge in [-0.25, -0.2) is 13.4 Å². The standard InChI is InChI=1S/C12H18N4O2S2/c1-20(17,18)11-3-2-4-14-10(11)9-15-12(13)16-5-7-19-8-6-16/h2-4H,5-9H2,1H3,(H2,13,15). The predicted octanol–water partition coefficient (Wildman–Crippen LogP) is 0.349. The lowest BCUT2D eigenvalue weighted by molar-refractivity contribution is 0.455. The van der Waals surface area contributed by atoms with Crippen molar-refractivity contribution in [2.75, 3.05) is 30.9 Å². The Morgan fingerprint density at radius 2 is 2.20 bits per heavy atom. The summed E-state index contributed by atoms with van der Waals surface area (Å²) in [5, 5.41) is 0. The van der Waals surface area contributed by atoms with Gasteiger partial charge in [0.1, 0.15) is 0 Å². The number of pyridine rings is 1. The molecular formula is C12H18N4O2S2. The molecule has 1 aromatic rings. The van der Waals surface area contributed by atoms with E-state index in [-0.39, 0.29) is 11.4 Å². The Hall–Kier alpha value is -1.28. The molecule has 1 fully saturated rings. The second-order valence-electron chi connectivity index (χ2n) is 4.49. The van der Waals surface area contributed by atoms with Crippen LogP contribution in [0.1, 0.15) is 5.69 Å². The zero-order valence-electron chi connectivity index (χ0n) is 11.3. The van der Waals surface area contributed by atoms with E-state index in [0.717, 1.165) is 24.6 Å². The molecule has 1 aromatic heterocycles. The highest BCUT2D eigenvalue weighted by atomic mass is 32.2. The molecule has 0 bridgehead atoms. The van der Waals surface area contributed by atoms with Crippen molar-refractivity contribution in [2.24, 2.45) is 10.7 Å². The van der Waals surface area contributed by atoms with Gasteiger partial charge in [-0.1, -0.05) is 0 Å². The summed E-state index contributed by atoms with van der Waals surface area (Å²) in [5.74, 6) is 2.53. The van der Waals surface area contributed by atoms with Crippen molar-refractivity contribution >= 4 is 27.6 Å². The molecule has 0 atom stereocenters. The molecule has 0 radical (unpaired) electrons. The highest BCUT2D eigenvalue weighted by Gasteiger charge is 2.15. The summed E-state index contributed by atoms with van der Waals surface area (Å²) < 4.78 is 23.3. The van der Waals surface area contributed by atoms with Crippen LogP contribution in [0, 0.1) is 0 Å². The number of sulfone groups is 1. The lowest BCUT2D eigenvalue weighted by Gasteiger charge is -2.27. The van der Waals surface area contributed by atoms with Crippen LogP contribution in [0.2, 0.25) is 0 Å². The number of aliphatic imine (C=N–C) groups is 1. The van der Waals surface area contributed by atoms with Crippen LogP contribution in [0.15, 0.2) is 28.2 Å². The first-order valence-corrected chi connectivity index (χ1v) is 9.29. The van der Waals surface area contributed by atoms with Crippen LogP contribution in [0.4, 0.5) is 0 Å². The zero-order valence-corrected chi connectivity index (χ0v) is 13.0. The van der Waals surface area contributed by atoms with Gasteiger partial charge in [0, 0.05) is 37.0 Å². The Labute approximate surface area is 123 Å². The topological polar surface area (TPSA) is 88.6 Å². The second kappa shape index (κ2) is 6.45. The van der Waals surface area contributed by atoms with Crippen molar-refractivity contribution in [2.45, 2.75) is 11.4 Å². The summed E-state index contributed by atoms with van der Waals surface area (Å²) >= 11 is 1.89. The molecule has 6 nitrogen and oxygen atoms in total. The smallest absolute Gasteiger partial charge is 0.191 e. The average Bonchev–Trinajstić information content (AvgIpc) is 2.45. The minimum Gasteiger partial charge on any atom is -0.370 e. The van der Waals surface area contributed by atoms with E-state index in [1.54, 1.807) is 18.3 Å². The van der Waals surface area contributed by atoms with Crippen LogP contribution in [0.3, 0.4) is 0 Å². The molecule has 110 valence electrons. The fraction of sp³-hybridized carbons (Fsp3) is 0.500. The molecule has 0 saturated carbocycles.